The Labute approximate surface area is 236 Å². The van der Waals surface area contributed by atoms with Crippen molar-refractivity contribution in [1.82, 2.24) is 0 Å². The molecule has 0 spiro atoms. The molecular formula is C37H46O2. The molecule has 0 unspecified atom stereocenters. The zero-order valence-corrected chi connectivity index (χ0v) is 24.1. The van der Waals surface area contributed by atoms with Crippen molar-refractivity contribution in [1.29, 1.82) is 0 Å². The van der Waals surface area contributed by atoms with Crippen molar-refractivity contribution in [3.63, 3.8) is 0 Å². The molecule has 0 heterocycles. The van der Waals surface area contributed by atoms with Crippen LogP contribution in [0, 0.1) is 6.92 Å². The molecule has 0 aliphatic heterocycles. The van der Waals surface area contributed by atoms with Crippen molar-refractivity contribution in [3.8, 4) is 11.1 Å². The Hall–Kier alpha value is -3.13. The lowest BCUT2D eigenvalue weighted by Crippen LogP contribution is -2.12. The first-order valence-corrected chi connectivity index (χ1v) is 15.1. The number of benzene rings is 3. The van der Waals surface area contributed by atoms with E-state index in [1.807, 2.05) is 0 Å². The van der Waals surface area contributed by atoms with Gasteiger partial charge in [-0.25, -0.2) is 4.79 Å². The summed E-state index contributed by atoms with van der Waals surface area (Å²) >= 11 is 0. The van der Waals surface area contributed by atoms with Crippen LogP contribution in [0.25, 0.3) is 11.1 Å². The number of esters is 1. The van der Waals surface area contributed by atoms with Crippen molar-refractivity contribution in [3.05, 3.63) is 107 Å². The lowest BCUT2D eigenvalue weighted by atomic mass is 9.75. The third-order valence-corrected chi connectivity index (χ3v) is 8.47. The summed E-state index contributed by atoms with van der Waals surface area (Å²) in [6, 6.07) is 25.8. The number of carbonyl (C=O) groups excluding carboxylic acids is 1. The Morgan fingerprint density at radius 1 is 0.795 bits per heavy atom. The fraction of sp³-hybridized carbons (Fsp3) is 0.432. The van der Waals surface area contributed by atoms with E-state index in [2.05, 4.69) is 87.2 Å². The van der Waals surface area contributed by atoms with Crippen LogP contribution in [0.2, 0.25) is 0 Å². The summed E-state index contributed by atoms with van der Waals surface area (Å²) in [6.45, 7) is 8.43. The Morgan fingerprint density at radius 2 is 1.38 bits per heavy atom. The molecule has 2 heteroatoms. The van der Waals surface area contributed by atoms with E-state index in [1.165, 1.54) is 90.0 Å². The molecule has 3 aromatic rings. The minimum atomic E-state index is -0.322. The van der Waals surface area contributed by atoms with E-state index >= 15 is 0 Å². The summed E-state index contributed by atoms with van der Waals surface area (Å²) in [6.07, 6.45) is 14.2. The summed E-state index contributed by atoms with van der Waals surface area (Å²) in [4.78, 5) is 11.1. The first kappa shape index (κ1) is 28.9. The van der Waals surface area contributed by atoms with Gasteiger partial charge in [0.1, 0.15) is 0 Å². The third kappa shape index (κ3) is 8.43. The molecule has 1 aliphatic rings. The van der Waals surface area contributed by atoms with E-state index in [-0.39, 0.29) is 5.97 Å². The van der Waals surface area contributed by atoms with Gasteiger partial charge in [-0.3, -0.25) is 0 Å². The second-order valence-corrected chi connectivity index (χ2v) is 11.3. The summed E-state index contributed by atoms with van der Waals surface area (Å²) < 4.78 is 5.04. The first-order valence-electron chi connectivity index (χ1n) is 15.1. The number of hydrogen-bond donors (Lipinski definition) is 0. The topological polar surface area (TPSA) is 26.3 Å². The van der Waals surface area contributed by atoms with Crippen molar-refractivity contribution in [2.24, 2.45) is 0 Å². The van der Waals surface area contributed by atoms with Crippen molar-refractivity contribution in [2.75, 3.05) is 6.61 Å². The Bertz CT molecular complexity index is 1180. The van der Waals surface area contributed by atoms with Crippen LogP contribution in [0.1, 0.15) is 104 Å². The number of aryl methyl sites for hydroxylation is 3. The van der Waals surface area contributed by atoms with E-state index in [9.17, 15) is 4.79 Å². The molecule has 4 rings (SSSR count). The molecule has 3 aromatic carbocycles. The van der Waals surface area contributed by atoms with Gasteiger partial charge in [0, 0.05) is 6.08 Å². The van der Waals surface area contributed by atoms with Crippen LogP contribution in [0.15, 0.2) is 79.4 Å². The Kier molecular flexibility index (Phi) is 11.0. The smallest absolute Gasteiger partial charge is 0.330 e. The molecule has 0 N–H and O–H groups in total. The maximum Gasteiger partial charge on any atom is 0.330 e. The van der Waals surface area contributed by atoms with Gasteiger partial charge in [-0.1, -0.05) is 99.5 Å². The van der Waals surface area contributed by atoms with Gasteiger partial charge in [-0.15, -0.1) is 0 Å². The number of carbonyl (C=O) groups is 1. The van der Waals surface area contributed by atoms with E-state index in [4.69, 9.17) is 4.74 Å². The van der Waals surface area contributed by atoms with Gasteiger partial charge in [0.05, 0.1) is 6.61 Å². The molecule has 2 nitrogen and oxygen atoms in total. The monoisotopic (exact) mass is 522 g/mol. The molecule has 0 amide bonds. The predicted molar refractivity (Wildman–Crippen MR) is 164 cm³/mol. The molecule has 39 heavy (non-hydrogen) atoms. The van der Waals surface area contributed by atoms with E-state index < -0.39 is 0 Å². The molecule has 0 atom stereocenters. The fourth-order valence-corrected chi connectivity index (χ4v) is 6.14. The molecule has 0 radical (unpaired) electrons. The van der Waals surface area contributed by atoms with E-state index in [0.717, 1.165) is 25.7 Å². The van der Waals surface area contributed by atoms with Gasteiger partial charge in [0.2, 0.25) is 0 Å². The number of unbranched alkanes of at least 4 members (excludes halogenated alkanes) is 3. The summed E-state index contributed by atoms with van der Waals surface area (Å²) in [5.41, 5.74) is 9.98. The zero-order chi connectivity index (χ0) is 27.5. The SMILES string of the molecule is C=CC(=O)OCCCCCCc1ccc(C2CCC(c3ccc(-c4ccc(CCC)cc4)c(C)c3)CC2)cc1. The van der Waals surface area contributed by atoms with Crippen molar-refractivity contribution in [2.45, 2.75) is 96.3 Å². The molecule has 1 fully saturated rings. The lowest BCUT2D eigenvalue weighted by molar-refractivity contribution is -0.137. The van der Waals surface area contributed by atoms with Gasteiger partial charge < -0.3 is 4.74 Å². The Balaban J connectivity index is 1.21. The van der Waals surface area contributed by atoms with Crippen LogP contribution in [-0.2, 0) is 22.4 Å². The van der Waals surface area contributed by atoms with Crippen LogP contribution in [0.5, 0.6) is 0 Å². The van der Waals surface area contributed by atoms with Crippen LogP contribution >= 0.6 is 0 Å². The van der Waals surface area contributed by atoms with Gasteiger partial charge in [-0.2, -0.15) is 0 Å². The normalized spacial score (nSPS) is 17.1. The predicted octanol–water partition coefficient (Wildman–Crippen LogP) is 9.89. The lowest BCUT2D eigenvalue weighted by Gasteiger charge is -2.29. The average Bonchev–Trinajstić information content (AvgIpc) is 2.97. The van der Waals surface area contributed by atoms with Crippen molar-refractivity contribution >= 4 is 5.97 Å². The highest BCUT2D eigenvalue weighted by molar-refractivity contribution is 5.81. The third-order valence-electron chi connectivity index (χ3n) is 8.47. The highest BCUT2D eigenvalue weighted by atomic mass is 16.5. The van der Waals surface area contributed by atoms with E-state index in [0.29, 0.717) is 18.4 Å². The second kappa shape index (κ2) is 14.9. The largest absolute Gasteiger partial charge is 0.463 e. The summed E-state index contributed by atoms with van der Waals surface area (Å²) in [5, 5.41) is 0. The zero-order valence-electron chi connectivity index (χ0n) is 24.1. The molecule has 1 aliphatic carbocycles. The number of rotatable bonds is 13. The first-order chi connectivity index (χ1) is 19.1. The maximum atomic E-state index is 11.1. The second-order valence-electron chi connectivity index (χ2n) is 11.3. The fourth-order valence-electron chi connectivity index (χ4n) is 6.14. The maximum absolute atomic E-state index is 11.1. The van der Waals surface area contributed by atoms with E-state index in [1.54, 1.807) is 0 Å². The van der Waals surface area contributed by atoms with Gasteiger partial charge in [0.15, 0.2) is 0 Å². The molecule has 0 aromatic heterocycles. The molecule has 1 saturated carbocycles. The molecule has 206 valence electrons. The Morgan fingerprint density at radius 3 is 2.03 bits per heavy atom. The molecular weight excluding hydrogens is 476 g/mol. The van der Waals surface area contributed by atoms with Crippen LogP contribution in [-0.4, -0.2) is 12.6 Å². The standard InChI is InChI=1S/C37H46O2/c1-4-10-29-14-18-34(19-15-29)36-25-24-35(27-28(36)3)33-22-20-32(21-23-33)31-16-12-30(13-17-31)11-8-6-7-9-26-39-37(38)5-2/h5,12-19,24-25,27,32-33H,2,4,6-11,20-23,26H2,1,3H3. The van der Waals surface area contributed by atoms with Crippen molar-refractivity contribution < 1.29 is 9.53 Å². The van der Waals surface area contributed by atoms with Gasteiger partial charge in [-0.05, 0) is 109 Å². The van der Waals surface area contributed by atoms with Crippen LogP contribution in [0.4, 0.5) is 0 Å². The number of ether oxygens (including phenoxy) is 1. The molecule has 0 saturated heterocycles. The number of hydrogen-bond acceptors (Lipinski definition) is 2. The van der Waals surface area contributed by atoms with Gasteiger partial charge in [0.25, 0.3) is 0 Å². The summed E-state index contributed by atoms with van der Waals surface area (Å²) in [7, 11) is 0. The van der Waals surface area contributed by atoms with Gasteiger partial charge >= 0.3 is 5.97 Å². The quantitative estimate of drug-likeness (QED) is 0.127. The van der Waals surface area contributed by atoms with Crippen LogP contribution < -0.4 is 0 Å². The highest BCUT2D eigenvalue weighted by Crippen LogP contribution is 2.41. The minimum Gasteiger partial charge on any atom is -0.463 e. The molecule has 0 bridgehead atoms. The highest BCUT2D eigenvalue weighted by Gasteiger charge is 2.24. The summed E-state index contributed by atoms with van der Waals surface area (Å²) in [5.74, 6) is 1.05. The average molecular weight is 523 g/mol. The minimum absolute atomic E-state index is 0.322. The van der Waals surface area contributed by atoms with Crippen LogP contribution in [0.3, 0.4) is 0 Å².